The van der Waals surface area contributed by atoms with E-state index in [0.717, 1.165) is 30.9 Å². The number of unbranched alkanes of at least 4 members (excludes halogenated alkanes) is 1. The Kier molecular flexibility index (Phi) is 7.32. The molecular formula is C13H24N4O2S. The summed E-state index contributed by atoms with van der Waals surface area (Å²) in [4.78, 5) is 18.8. The van der Waals surface area contributed by atoms with Gasteiger partial charge in [-0.3, -0.25) is 4.79 Å². The van der Waals surface area contributed by atoms with E-state index < -0.39 is 0 Å². The van der Waals surface area contributed by atoms with Gasteiger partial charge in [-0.15, -0.1) is 0 Å². The molecule has 1 aromatic rings. The van der Waals surface area contributed by atoms with Gasteiger partial charge in [0.05, 0.1) is 0 Å². The van der Waals surface area contributed by atoms with Crippen LogP contribution >= 0.6 is 11.3 Å². The summed E-state index contributed by atoms with van der Waals surface area (Å²) >= 11 is 1.34. The molecule has 0 aliphatic heterocycles. The first-order chi connectivity index (χ1) is 9.60. The van der Waals surface area contributed by atoms with E-state index >= 15 is 0 Å². The van der Waals surface area contributed by atoms with E-state index in [1.807, 2.05) is 11.9 Å². The molecule has 20 heavy (non-hydrogen) atoms. The largest absolute Gasteiger partial charge is 0.385 e. The van der Waals surface area contributed by atoms with E-state index in [4.69, 9.17) is 10.5 Å². The van der Waals surface area contributed by atoms with Crippen molar-refractivity contribution in [1.82, 2.24) is 10.3 Å². The Labute approximate surface area is 124 Å². The summed E-state index contributed by atoms with van der Waals surface area (Å²) in [5.74, 6) is 0.163. The molecule has 1 rings (SSSR count). The Morgan fingerprint density at radius 2 is 2.25 bits per heavy atom. The predicted molar refractivity (Wildman–Crippen MR) is 83.5 cm³/mol. The minimum atomic E-state index is -0.145. The second kappa shape index (κ2) is 8.76. The van der Waals surface area contributed by atoms with Crippen LogP contribution in [0.5, 0.6) is 0 Å². The number of anilines is 2. The van der Waals surface area contributed by atoms with Gasteiger partial charge in [0.2, 0.25) is 0 Å². The number of nitrogen functional groups attached to an aromatic ring is 1. The van der Waals surface area contributed by atoms with Gasteiger partial charge in [0.25, 0.3) is 5.91 Å². The summed E-state index contributed by atoms with van der Waals surface area (Å²) in [5.41, 5.74) is 5.82. The van der Waals surface area contributed by atoms with E-state index in [0.29, 0.717) is 23.8 Å². The highest BCUT2D eigenvalue weighted by Crippen LogP contribution is 2.27. The number of carbonyl (C=O) groups is 1. The van der Waals surface area contributed by atoms with Gasteiger partial charge in [0.15, 0.2) is 5.13 Å². The third-order valence-electron chi connectivity index (χ3n) is 2.79. The lowest BCUT2D eigenvalue weighted by molar-refractivity contribution is 0.0956. The van der Waals surface area contributed by atoms with Crippen LogP contribution in [0, 0.1) is 0 Å². The van der Waals surface area contributed by atoms with Crippen molar-refractivity contribution >= 4 is 28.2 Å². The minimum absolute atomic E-state index is 0.145. The first-order valence-corrected chi connectivity index (χ1v) is 7.66. The molecule has 0 aromatic carbocycles. The lowest BCUT2D eigenvalue weighted by Crippen LogP contribution is -2.24. The van der Waals surface area contributed by atoms with Gasteiger partial charge in [-0.2, -0.15) is 0 Å². The number of thiazole rings is 1. The normalized spacial score (nSPS) is 10.6. The van der Waals surface area contributed by atoms with E-state index in [9.17, 15) is 4.79 Å². The van der Waals surface area contributed by atoms with E-state index in [1.54, 1.807) is 7.11 Å². The number of nitrogens with one attached hydrogen (secondary N) is 1. The van der Waals surface area contributed by atoms with Crippen LogP contribution in [0.3, 0.4) is 0 Å². The molecule has 0 aliphatic rings. The molecular weight excluding hydrogens is 276 g/mol. The number of hydrogen-bond donors (Lipinski definition) is 2. The van der Waals surface area contributed by atoms with Gasteiger partial charge >= 0.3 is 0 Å². The monoisotopic (exact) mass is 300 g/mol. The molecule has 7 heteroatoms. The van der Waals surface area contributed by atoms with Gasteiger partial charge < -0.3 is 20.7 Å². The van der Waals surface area contributed by atoms with Crippen LogP contribution in [0.2, 0.25) is 0 Å². The molecule has 0 spiro atoms. The van der Waals surface area contributed by atoms with Crippen molar-refractivity contribution in [2.75, 3.05) is 44.5 Å². The van der Waals surface area contributed by atoms with E-state index in [1.165, 1.54) is 11.3 Å². The summed E-state index contributed by atoms with van der Waals surface area (Å²) < 4.78 is 4.96. The van der Waals surface area contributed by atoms with Crippen LogP contribution in [0.1, 0.15) is 35.9 Å². The van der Waals surface area contributed by atoms with Crippen molar-refractivity contribution in [2.45, 2.75) is 26.2 Å². The smallest absolute Gasteiger partial charge is 0.265 e. The average Bonchev–Trinajstić information content (AvgIpc) is 2.81. The zero-order valence-electron chi connectivity index (χ0n) is 12.4. The Bertz CT molecular complexity index is 423. The fourth-order valence-corrected chi connectivity index (χ4v) is 2.62. The van der Waals surface area contributed by atoms with Crippen LogP contribution in [0.25, 0.3) is 0 Å². The van der Waals surface area contributed by atoms with Gasteiger partial charge in [0, 0.05) is 33.9 Å². The Morgan fingerprint density at radius 3 is 2.90 bits per heavy atom. The molecule has 0 atom stereocenters. The maximum Gasteiger partial charge on any atom is 0.265 e. The molecule has 3 N–H and O–H groups in total. The molecule has 0 aliphatic carbocycles. The number of amides is 1. The van der Waals surface area contributed by atoms with Crippen LogP contribution < -0.4 is 16.0 Å². The number of ether oxygens (including phenoxy) is 1. The molecule has 0 saturated carbocycles. The number of rotatable bonds is 9. The first-order valence-electron chi connectivity index (χ1n) is 6.84. The van der Waals surface area contributed by atoms with Crippen molar-refractivity contribution < 1.29 is 9.53 Å². The molecule has 1 aromatic heterocycles. The van der Waals surface area contributed by atoms with E-state index in [-0.39, 0.29) is 5.91 Å². The fraction of sp³-hybridized carbons (Fsp3) is 0.692. The predicted octanol–water partition coefficient (Wildman–Crippen LogP) is 1.73. The van der Waals surface area contributed by atoms with Crippen molar-refractivity contribution in [3.8, 4) is 0 Å². The number of hydrogen-bond acceptors (Lipinski definition) is 6. The Morgan fingerprint density at radius 1 is 1.50 bits per heavy atom. The lowest BCUT2D eigenvalue weighted by atomic mass is 10.3. The summed E-state index contributed by atoms with van der Waals surface area (Å²) in [6.07, 6.45) is 2.84. The van der Waals surface area contributed by atoms with Crippen molar-refractivity contribution in [3.05, 3.63) is 4.88 Å². The number of carbonyl (C=O) groups excluding carboxylic acids is 1. The molecule has 1 amide bonds. The van der Waals surface area contributed by atoms with Gasteiger partial charge in [0.1, 0.15) is 10.7 Å². The molecule has 0 radical (unpaired) electrons. The topological polar surface area (TPSA) is 80.5 Å². The average molecular weight is 300 g/mol. The van der Waals surface area contributed by atoms with Gasteiger partial charge in [-0.1, -0.05) is 18.3 Å². The highest BCUT2D eigenvalue weighted by Gasteiger charge is 2.17. The number of methoxy groups -OCH3 is 1. The molecule has 0 fully saturated rings. The molecule has 0 unspecified atom stereocenters. The molecule has 0 bridgehead atoms. The van der Waals surface area contributed by atoms with Crippen LogP contribution in [0.15, 0.2) is 0 Å². The quantitative estimate of drug-likeness (QED) is 0.679. The fourth-order valence-electron chi connectivity index (χ4n) is 1.73. The number of nitrogens with zero attached hydrogens (tertiary/aromatic N) is 2. The zero-order valence-corrected chi connectivity index (χ0v) is 13.3. The first kappa shape index (κ1) is 16.7. The third kappa shape index (κ3) is 4.97. The van der Waals surface area contributed by atoms with Crippen LogP contribution in [0.4, 0.5) is 10.9 Å². The van der Waals surface area contributed by atoms with Gasteiger partial charge in [-0.25, -0.2) is 4.98 Å². The molecule has 0 saturated heterocycles. The summed E-state index contributed by atoms with van der Waals surface area (Å²) in [5, 5.41) is 3.65. The van der Waals surface area contributed by atoms with Crippen molar-refractivity contribution in [2.24, 2.45) is 0 Å². The SMILES string of the molecule is CCCN(C)c1nc(N)c(C(=O)NCCCCOC)s1. The second-order valence-electron chi connectivity index (χ2n) is 4.59. The summed E-state index contributed by atoms with van der Waals surface area (Å²) in [6.45, 7) is 4.33. The maximum absolute atomic E-state index is 12.0. The number of nitrogens with two attached hydrogens (primary N) is 1. The van der Waals surface area contributed by atoms with Crippen molar-refractivity contribution in [1.29, 1.82) is 0 Å². The second-order valence-corrected chi connectivity index (χ2v) is 5.57. The zero-order chi connectivity index (χ0) is 15.0. The van der Waals surface area contributed by atoms with Crippen molar-refractivity contribution in [3.63, 3.8) is 0 Å². The van der Waals surface area contributed by atoms with Crippen LogP contribution in [-0.4, -0.2) is 44.7 Å². The highest BCUT2D eigenvalue weighted by molar-refractivity contribution is 7.18. The molecule has 6 nitrogen and oxygen atoms in total. The number of aromatic nitrogens is 1. The Balaban J connectivity index is 2.51. The molecule has 1 heterocycles. The standard InChI is InChI=1S/C13H24N4O2S/c1-4-8-17(2)13-16-11(14)10(20-13)12(18)15-7-5-6-9-19-3/h4-9,14H2,1-3H3,(H,15,18). The maximum atomic E-state index is 12.0. The highest BCUT2D eigenvalue weighted by atomic mass is 32.1. The van der Waals surface area contributed by atoms with Gasteiger partial charge in [-0.05, 0) is 19.3 Å². The lowest BCUT2D eigenvalue weighted by Gasteiger charge is -2.13. The third-order valence-corrected chi connectivity index (χ3v) is 3.98. The van der Waals surface area contributed by atoms with E-state index in [2.05, 4.69) is 17.2 Å². The molecule has 114 valence electrons. The minimum Gasteiger partial charge on any atom is -0.385 e. The Hall–Kier alpha value is -1.34. The summed E-state index contributed by atoms with van der Waals surface area (Å²) in [7, 11) is 3.62. The summed E-state index contributed by atoms with van der Waals surface area (Å²) in [6, 6.07) is 0. The van der Waals surface area contributed by atoms with Crippen LogP contribution in [-0.2, 0) is 4.74 Å².